The lowest BCUT2D eigenvalue weighted by Crippen LogP contribution is -2.41. The van der Waals surface area contributed by atoms with Crippen LogP contribution < -0.4 is 11.1 Å². The average molecular weight is 249 g/mol. The third-order valence-corrected chi connectivity index (χ3v) is 3.02. The van der Waals surface area contributed by atoms with Crippen molar-refractivity contribution in [2.75, 3.05) is 43.9 Å². The smallest absolute Gasteiger partial charge is 0.238 e. The lowest BCUT2D eigenvalue weighted by atomic mass is 10.2. The molecule has 1 saturated heterocycles. The van der Waals surface area contributed by atoms with Gasteiger partial charge in [-0.25, -0.2) is 0 Å². The number of nitrogens with two attached hydrogens (primary N) is 1. The van der Waals surface area contributed by atoms with Crippen molar-refractivity contribution in [3.8, 4) is 0 Å². The number of aryl methyl sites for hydroxylation is 1. The quantitative estimate of drug-likeness (QED) is 0.779. The predicted octanol–water partition coefficient (Wildman–Crippen LogP) is 0.848. The number of nitrogens with zero attached hydrogens (tertiary/aromatic N) is 1. The topological polar surface area (TPSA) is 67.6 Å². The van der Waals surface area contributed by atoms with Gasteiger partial charge in [0.15, 0.2) is 0 Å². The van der Waals surface area contributed by atoms with Gasteiger partial charge in [-0.05, 0) is 30.7 Å². The maximum Gasteiger partial charge on any atom is 0.238 e. The molecule has 0 spiro atoms. The van der Waals surface area contributed by atoms with Gasteiger partial charge in [0.1, 0.15) is 0 Å². The molecule has 18 heavy (non-hydrogen) atoms. The van der Waals surface area contributed by atoms with Crippen molar-refractivity contribution in [2.45, 2.75) is 6.92 Å². The van der Waals surface area contributed by atoms with Gasteiger partial charge in [-0.1, -0.05) is 0 Å². The number of ether oxygens (including phenoxy) is 1. The van der Waals surface area contributed by atoms with Crippen LogP contribution in [-0.2, 0) is 9.53 Å². The van der Waals surface area contributed by atoms with E-state index in [1.54, 1.807) is 6.07 Å². The third-order valence-electron chi connectivity index (χ3n) is 3.02. The minimum Gasteiger partial charge on any atom is -0.399 e. The van der Waals surface area contributed by atoms with E-state index in [1.807, 2.05) is 19.1 Å². The van der Waals surface area contributed by atoms with E-state index in [-0.39, 0.29) is 5.91 Å². The molecule has 1 aromatic rings. The van der Waals surface area contributed by atoms with Gasteiger partial charge in [0.2, 0.25) is 5.91 Å². The number of anilines is 2. The Morgan fingerprint density at radius 3 is 2.83 bits per heavy atom. The maximum absolute atomic E-state index is 11.9. The standard InChI is InChI=1S/C13H19N3O2/c1-10-8-11(2-3-12(10)14)15-13(17)9-16-4-6-18-7-5-16/h2-3,8H,4-7,9,14H2,1H3,(H,15,17). The minimum atomic E-state index is 0.000992. The molecule has 1 amide bonds. The molecule has 0 bridgehead atoms. The van der Waals surface area contributed by atoms with Crippen molar-refractivity contribution in [1.29, 1.82) is 0 Å². The summed E-state index contributed by atoms with van der Waals surface area (Å²) < 4.78 is 5.24. The Hall–Kier alpha value is -1.59. The van der Waals surface area contributed by atoms with Crippen LogP contribution in [0.15, 0.2) is 18.2 Å². The molecule has 0 radical (unpaired) electrons. The van der Waals surface area contributed by atoms with E-state index in [2.05, 4.69) is 10.2 Å². The van der Waals surface area contributed by atoms with Crippen molar-refractivity contribution < 1.29 is 9.53 Å². The molecule has 1 fully saturated rings. The van der Waals surface area contributed by atoms with Crippen LogP contribution in [0.2, 0.25) is 0 Å². The van der Waals surface area contributed by atoms with Gasteiger partial charge >= 0.3 is 0 Å². The second-order valence-electron chi connectivity index (χ2n) is 4.51. The van der Waals surface area contributed by atoms with Gasteiger partial charge in [-0.15, -0.1) is 0 Å². The molecule has 1 aliphatic heterocycles. The largest absolute Gasteiger partial charge is 0.399 e. The SMILES string of the molecule is Cc1cc(NC(=O)CN2CCOCC2)ccc1N. The molecule has 0 unspecified atom stereocenters. The van der Waals surface area contributed by atoms with E-state index < -0.39 is 0 Å². The summed E-state index contributed by atoms with van der Waals surface area (Å²) in [5.74, 6) is 0.000992. The zero-order valence-corrected chi connectivity index (χ0v) is 10.6. The summed E-state index contributed by atoms with van der Waals surface area (Å²) in [5, 5.41) is 2.88. The number of morpholine rings is 1. The Labute approximate surface area is 107 Å². The van der Waals surface area contributed by atoms with Crippen LogP contribution in [0.25, 0.3) is 0 Å². The Balaban J connectivity index is 1.88. The second kappa shape index (κ2) is 5.84. The van der Waals surface area contributed by atoms with Crippen molar-refractivity contribution in [1.82, 2.24) is 4.90 Å². The average Bonchev–Trinajstić information content (AvgIpc) is 2.35. The fourth-order valence-electron chi connectivity index (χ4n) is 1.92. The summed E-state index contributed by atoms with van der Waals surface area (Å²) in [7, 11) is 0. The Morgan fingerprint density at radius 2 is 2.17 bits per heavy atom. The first-order valence-corrected chi connectivity index (χ1v) is 6.11. The van der Waals surface area contributed by atoms with Crippen LogP contribution in [0.5, 0.6) is 0 Å². The van der Waals surface area contributed by atoms with E-state index >= 15 is 0 Å². The van der Waals surface area contributed by atoms with Gasteiger partial charge in [0, 0.05) is 24.5 Å². The summed E-state index contributed by atoms with van der Waals surface area (Å²) in [5.41, 5.74) is 8.23. The first-order chi connectivity index (χ1) is 8.65. The molecule has 1 heterocycles. The molecule has 5 heteroatoms. The third kappa shape index (κ3) is 3.45. The number of nitrogen functional groups attached to an aromatic ring is 1. The van der Waals surface area contributed by atoms with E-state index in [0.29, 0.717) is 19.8 Å². The van der Waals surface area contributed by atoms with Gasteiger partial charge < -0.3 is 15.8 Å². The summed E-state index contributed by atoms with van der Waals surface area (Å²) in [4.78, 5) is 13.9. The highest BCUT2D eigenvalue weighted by molar-refractivity contribution is 5.92. The van der Waals surface area contributed by atoms with E-state index in [9.17, 15) is 4.79 Å². The van der Waals surface area contributed by atoms with E-state index in [1.165, 1.54) is 0 Å². The summed E-state index contributed by atoms with van der Waals surface area (Å²) in [6.07, 6.45) is 0. The number of hydrogen-bond acceptors (Lipinski definition) is 4. The minimum absolute atomic E-state index is 0.000992. The number of hydrogen-bond donors (Lipinski definition) is 2. The molecule has 1 aliphatic rings. The molecule has 0 saturated carbocycles. The number of rotatable bonds is 3. The molecule has 1 aromatic carbocycles. The number of benzene rings is 1. The van der Waals surface area contributed by atoms with Gasteiger partial charge in [0.25, 0.3) is 0 Å². The van der Waals surface area contributed by atoms with Crippen LogP contribution in [0, 0.1) is 6.92 Å². The highest BCUT2D eigenvalue weighted by Gasteiger charge is 2.14. The number of nitrogens with one attached hydrogen (secondary N) is 1. The molecule has 0 aromatic heterocycles. The van der Waals surface area contributed by atoms with Gasteiger partial charge in [-0.2, -0.15) is 0 Å². The molecule has 0 atom stereocenters. The summed E-state index contributed by atoms with van der Waals surface area (Å²) in [6.45, 7) is 5.37. The van der Waals surface area contributed by atoms with Crippen molar-refractivity contribution >= 4 is 17.3 Å². The fourth-order valence-corrected chi connectivity index (χ4v) is 1.92. The Bertz CT molecular complexity index is 428. The van der Waals surface area contributed by atoms with Gasteiger partial charge in [0.05, 0.1) is 19.8 Å². The van der Waals surface area contributed by atoms with Crippen LogP contribution in [0.4, 0.5) is 11.4 Å². The highest BCUT2D eigenvalue weighted by atomic mass is 16.5. The molecule has 0 aliphatic carbocycles. The zero-order chi connectivity index (χ0) is 13.0. The number of carbonyl (C=O) groups excluding carboxylic acids is 1. The number of carbonyl (C=O) groups is 1. The Morgan fingerprint density at radius 1 is 1.44 bits per heavy atom. The van der Waals surface area contributed by atoms with Gasteiger partial charge in [-0.3, -0.25) is 9.69 Å². The normalized spacial score (nSPS) is 16.5. The van der Waals surface area contributed by atoms with Crippen molar-refractivity contribution in [3.05, 3.63) is 23.8 Å². The first-order valence-electron chi connectivity index (χ1n) is 6.11. The van der Waals surface area contributed by atoms with Crippen LogP contribution in [0.3, 0.4) is 0 Å². The molecule has 2 rings (SSSR count). The van der Waals surface area contributed by atoms with Crippen LogP contribution in [0.1, 0.15) is 5.56 Å². The van der Waals surface area contributed by atoms with Crippen LogP contribution >= 0.6 is 0 Å². The van der Waals surface area contributed by atoms with Crippen molar-refractivity contribution in [3.63, 3.8) is 0 Å². The Kier molecular flexibility index (Phi) is 4.17. The van der Waals surface area contributed by atoms with Crippen molar-refractivity contribution in [2.24, 2.45) is 0 Å². The first kappa shape index (κ1) is 12.9. The van der Waals surface area contributed by atoms with E-state index in [0.717, 1.165) is 30.0 Å². The maximum atomic E-state index is 11.9. The molecule has 98 valence electrons. The second-order valence-corrected chi connectivity index (χ2v) is 4.51. The molecule has 3 N–H and O–H groups in total. The molecule has 5 nitrogen and oxygen atoms in total. The lowest BCUT2D eigenvalue weighted by molar-refractivity contribution is -0.118. The zero-order valence-electron chi connectivity index (χ0n) is 10.6. The monoisotopic (exact) mass is 249 g/mol. The molecular weight excluding hydrogens is 230 g/mol. The summed E-state index contributed by atoms with van der Waals surface area (Å²) in [6, 6.07) is 5.51. The van der Waals surface area contributed by atoms with E-state index in [4.69, 9.17) is 10.5 Å². The number of amides is 1. The lowest BCUT2D eigenvalue weighted by Gasteiger charge is -2.25. The van der Waals surface area contributed by atoms with Crippen LogP contribution in [-0.4, -0.2) is 43.7 Å². The molecular formula is C13H19N3O2. The highest BCUT2D eigenvalue weighted by Crippen LogP contribution is 2.16. The predicted molar refractivity (Wildman–Crippen MR) is 71.5 cm³/mol. The summed E-state index contributed by atoms with van der Waals surface area (Å²) >= 11 is 0. The fraction of sp³-hybridized carbons (Fsp3) is 0.462.